The second kappa shape index (κ2) is 3.60. The third kappa shape index (κ3) is 2.19. The Bertz CT molecular complexity index is 549. The minimum atomic E-state index is -0.320. The Morgan fingerprint density at radius 1 is 1.62 bits per heavy atom. The molecule has 0 aromatic carbocycles. The van der Waals surface area contributed by atoms with Crippen LogP contribution in [-0.4, -0.2) is 31.7 Å². The molecule has 0 spiro atoms. The molecule has 0 bridgehead atoms. The Morgan fingerprint density at radius 2 is 2.38 bits per heavy atom. The summed E-state index contributed by atoms with van der Waals surface area (Å²) in [6.07, 6.45) is 1.42. The fourth-order valence-corrected chi connectivity index (χ4v) is 1.22. The van der Waals surface area contributed by atoms with Gasteiger partial charge in [-0.25, -0.2) is 19.3 Å². The molecule has 0 aliphatic heterocycles. The van der Waals surface area contributed by atoms with E-state index in [-0.39, 0.29) is 11.2 Å². The third-order valence-corrected chi connectivity index (χ3v) is 2.03. The third-order valence-electron chi connectivity index (χ3n) is 2.03. The Morgan fingerprint density at radius 3 is 3.06 bits per heavy atom. The van der Waals surface area contributed by atoms with Crippen molar-refractivity contribution < 1.29 is 0 Å². The fourth-order valence-electron chi connectivity index (χ4n) is 1.22. The van der Waals surface area contributed by atoms with Crippen LogP contribution in [0.1, 0.15) is 13.8 Å². The first-order valence-electron chi connectivity index (χ1n) is 4.91. The lowest BCUT2D eigenvalue weighted by Gasteiger charge is -2.19. The molecule has 2 aromatic rings. The predicted molar refractivity (Wildman–Crippen MR) is 60.4 cm³/mol. The molecule has 0 atom stereocenters. The van der Waals surface area contributed by atoms with Gasteiger partial charge in [-0.15, -0.1) is 0 Å². The van der Waals surface area contributed by atoms with E-state index < -0.39 is 0 Å². The highest BCUT2D eigenvalue weighted by Crippen LogP contribution is 2.06. The largest absolute Gasteiger partial charge is 0.368 e. The van der Waals surface area contributed by atoms with Gasteiger partial charge in [-0.2, -0.15) is 5.10 Å². The number of aromatic amines is 1. The number of fused-ring (bicyclic) bond motifs is 1. The van der Waals surface area contributed by atoms with Crippen LogP contribution in [0.2, 0.25) is 0 Å². The van der Waals surface area contributed by atoms with Gasteiger partial charge in [0.25, 0.3) is 0 Å². The van der Waals surface area contributed by atoms with Crippen LogP contribution in [-0.2, 0) is 0 Å². The summed E-state index contributed by atoms with van der Waals surface area (Å²) >= 11 is 0. The summed E-state index contributed by atoms with van der Waals surface area (Å²) in [5.74, 6) is 0.644. The molecule has 0 unspecified atom stereocenters. The summed E-state index contributed by atoms with van der Waals surface area (Å²) in [6.45, 7) is 4.42. The van der Waals surface area contributed by atoms with Gasteiger partial charge in [-0.1, -0.05) is 0 Å². The SMILES string of the molecule is CC(C)(N)CNc1cc2n[nH]c(=O)n2cn1. The van der Waals surface area contributed by atoms with Gasteiger partial charge in [0.1, 0.15) is 12.1 Å². The molecular weight excluding hydrogens is 208 g/mol. The van der Waals surface area contributed by atoms with Crippen LogP contribution in [0.5, 0.6) is 0 Å². The molecule has 4 N–H and O–H groups in total. The molecule has 0 amide bonds. The topological polar surface area (TPSA) is 101 Å². The highest BCUT2D eigenvalue weighted by atomic mass is 16.1. The van der Waals surface area contributed by atoms with Gasteiger partial charge in [-0.3, -0.25) is 0 Å². The van der Waals surface area contributed by atoms with Gasteiger partial charge >= 0.3 is 5.69 Å². The van der Waals surface area contributed by atoms with Crippen molar-refractivity contribution in [1.29, 1.82) is 0 Å². The molecule has 0 saturated carbocycles. The van der Waals surface area contributed by atoms with Crippen LogP contribution < -0.4 is 16.7 Å². The van der Waals surface area contributed by atoms with Gasteiger partial charge < -0.3 is 11.1 Å². The van der Waals surface area contributed by atoms with Gasteiger partial charge in [0.2, 0.25) is 0 Å². The molecule has 0 aliphatic rings. The van der Waals surface area contributed by atoms with E-state index in [1.165, 1.54) is 10.7 Å². The maximum absolute atomic E-state index is 11.2. The fraction of sp³-hybridized carbons (Fsp3) is 0.444. The van der Waals surface area contributed by atoms with Gasteiger partial charge in [-0.05, 0) is 13.8 Å². The van der Waals surface area contributed by atoms with E-state index in [4.69, 9.17) is 5.73 Å². The minimum Gasteiger partial charge on any atom is -0.368 e. The van der Waals surface area contributed by atoms with Crippen LogP contribution in [0.25, 0.3) is 5.65 Å². The molecule has 2 rings (SSSR count). The zero-order valence-electron chi connectivity index (χ0n) is 9.19. The molecule has 7 heteroatoms. The smallest absolute Gasteiger partial charge is 0.348 e. The average Bonchev–Trinajstić information content (AvgIpc) is 2.56. The monoisotopic (exact) mass is 222 g/mol. The molecule has 86 valence electrons. The van der Waals surface area contributed by atoms with Crippen LogP contribution in [0.15, 0.2) is 17.2 Å². The first-order valence-corrected chi connectivity index (χ1v) is 4.91. The highest BCUT2D eigenvalue weighted by molar-refractivity contribution is 5.48. The molecular formula is C9H14N6O. The van der Waals surface area contributed by atoms with E-state index in [9.17, 15) is 4.79 Å². The number of hydrogen-bond acceptors (Lipinski definition) is 5. The molecule has 0 fully saturated rings. The van der Waals surface area contributed by atoms with Crippen LogP contribution >= 0.6 is 0 Å². The van der Waals surface area contributed by atoms with E-state index in [0.29, 0.717) is 18.0 Å². The highest BCUT2D eigenvalue weighted by Gasteiger charge is 2.10. The maximum atomic E-state index is 11.2. The zero-order valence-corrected chi connectivity index (χ0v) is 9.19. The maximum Gasteiger partial charge on any atom is 0.348 e. The van der Waals surface area contributed by atoms with E-state index >= 15 is 0 Å². The van der Waals surface area contributed by atoms with E-state index in [0.717, 1.165) is 0 Å². The van der Waals surface area contributed by atoms with Crippen molar-refractivity contribution >= 4 is 11.5 Å². The summed E-state index contributed by atoms with van der Waals surface area (Å²) in [5.41, 5.74) is 5.74. The second-order valence-corrected chi connectivity index (χ2v) is 4.37. The van der Waals surface area contributed by atoms with Crippen molar-refractivity contribution in [3.63, 3.8) is 0 Å². The molecule has 16 heavy (non-hydrogen) atoms. The lowest BCUT2D eigenvalue weighted by Crippen LogP contribution is -2.39. The summed E-state index contributed by atoms with van der Waals surface area (Å²) in [7, 11) is 0. The molecule has 0 saturated heterocycles. The molecule has 0 aliphatic carbocycles. The Balaban J connectivity index is 2.23. The molecule has 0 radical (unpaired) electrons. The van der Waals surface area contributed by atoms with Crippen LogP contribution in [0.3, 0.4) is 0 Å². The number of hydrogen-bond donors (Lipinski definition) is 3. The van der Waals surface area contributed by atoms with Gasteiger partial charge in [0, 0.05) is 18.2 Å². The van der Waals surface area contributed by atoms with Crippen molar-refractivity contribution in [1.82, 2.24) is 19.6 Å². The number of nitrogens with two attached hydrogens (primary N) is 1. The van der Waals surface area contributed by atoms with Crippen molar-refractivity contribution in [2.24, 2.45) is 5.73 Å². The normalized spacial score (nSPS) is 11.9. The number of aromatic nitrogens is 4. The standard InChI is InChI=1S/C9H14N6O/c1-9(2,10)4-11-6-3-7-13-14-8(16)15(7)5-12-6/h3,5,11H,4,10H2,1-2H3,(H,14,16). The van der Waals surface area contributed by atoms with Crippen molar-refractivity contribution in [2.45, 2.75) is 19.4 Å². The minimum absolute atomic E-state index is 0.298. The van der Waals surface area contributed by atoms with Crippen molar-refractivity contribution in [3.8, 4) is 0 Å². The van der Waals surface area contributed by atoms with Crippen molar-refractivity contribution in [2.75, 3.05) is 11.9 Å². The predicted octanol–water partition coefficient (Wildman–Crippen LogP) is -0.433. The van der Waals surface area contributed by atoms with Gasteiger partial charge in [0.15, 0.2) is 5.65 Å². The number of nitrogens with zero attached hydrogens (tertiary/aromatic N) is 3. The summed E-state index contributed by atoms with van der Waals surface area (Å²) in [6, 6.07) is 1.68. The molecule has 2 heterocycles. The summed E-state index contributed by atoms with van der Waals surface area (Å²) < 4.78 is 1.33. The number of rotatable bonds is 3. The van der Waals surface area contributed by atoms with E-state index in [1.807, 2.05) is 13.8 Å². The summed E-state index contributed by atoms with van der Waals surface area (Å²) in [4.78, 5) is 15.3. The number of H-pyrrole nitrogens is 1. The van der Waals surface area contributed by atoms with Crippen molar-refractivity contribution in [3.05, 3.63) is 22.9 Å². The average molecular weight is 222 g/mol. The van der Waals surface area contributed by atoms with Gasteiger partial charge in [0.05, 0.1) is 0 Å². The number of nitrogens with one attached hydrogen (secondary N) is 2. The first kappa shape index (κ1) is 10.6. The number of anilines is 1. The quantitative estimate of drug-likeness (QED) is 0.654. The lowest BCUT2D eigenvalue weighted by molar-refractivity contribution is 0.548. The zero-order chi connectivity index (χ0) is 11.8. The molecule has 7 nitrogen and oxygen atoms in total. The van der Waals surface area contributed by atoms with Crippen LogP contribution in [0, 0.1) is 0 Å². The van der Waals surface area contributed by atoms with Crippen LogP contribution in [0.4, 0.5) is 5.82 Å². The van der Waals surface area contributed by atoms with E-state index in [1.54, 1.807) is 6.07 Å². The Hall–Kier alpha value is -1.89. The first-order chi connectivity index (χ1) is 7.46. The molecule has 2 aromatic heterocycles. The Labute approximate surface area is 91.7 Å². The Kier molecular flexibility index (Phi) is 2.39. The van der Waals surface area contributed by atoms with E-state index in [2.05, 4.69) is 20.5 Å². The lowest BCUT2D eigenvalue weighted by atomic mass is 10.1. The summed E-state index contributed by atoms with van der Waals surface area (Å²) in [5, 5.41) is 9.26. The second-order valence-electron chi connectivity index (χ2n) is 4.37.